The highest BCUT2D eigenvalue weighted by molar-refractivity contribution is 7.99. The summed E-state index contributed by atoms with van der Waals surface area (Å²) in [6.45, 7) is 0.414. The largest absolute Gasteiger partial charge is 0.351 e. The number of thiophene rings is 1. The number of aromatic nitrogens is 2. The van der Waals surface area contributed by atoms with Crippen LogP contribution in [0.3, 0.4) is 0 Å². The Labute approximate surface area is 174 Å². The summed E-state index contributed by atoms with van der Waals surface area (Å²) in [5, 5.41) is 4.89. The fourth-order valence-electron chi connectivity index (χ4n) is 2.81. The Morgan fingerprint density at radius 2 is 1.86 bits per heavy atom. The summed E-state index contributed by atoms with van der Waals surface area (Å²) in [7, 11) is 0. The van der Waals surface area contributed by atoms with Crippen molar-refractivity contribution in [2.45, 2.75) is 11.7 Å². The number of carbonyl (C=O) groups excluding carboxylic acids is 1. The van der Waals surface area contributed by atoms with Gasteiger partial charge in [0.05, 0.1) is 17.0 Å². The molecule has 0 saturated heterocycles. The summed E-state index contributed by atoms with van der Waals surface area (Å²) in [5.41, 5.74) is 1.31. The molecule has 0 unspecified atom stereocenters. The Balaban J connectivity index is 1.59. The van der Waals surface area contributed by atoms with Crippen molar-refractivity contribution in [2.75, 3.05) is 5.75 Å². The van der Waals surface area contributed by atoms with E-state index in [-0.39, 0.29) is 28.1 Å². The number of hydrogen-bond acceptors (Lipinski definition) is 5. The molecule has 0 bridgehead atoms. The SMILES string of the molecule is O=C(CSc1nc2ccsc2c(=O)n1-c1ccccc1F)NCc1ccccc1. The number of rotatable bonds is 6. The van der Waals surface area contributed by atoms with Crippen LogP contribution in [0, 0.1) is 5.82 Å². The molecule has 0 fully saturated rings. The highest BCUT2D eigenvalue weighted by atomic mass is 32.2. The fourth-order valence-corrected chi connectivity index (χ4v) is 4.41. The van der Waals surface area contributed by atoms with Gasteiger partial charge in [0.1, 0.15) is 10.5 Å². The van der Waals surface area contributed by atoms with E-state index in [0.29, 0.717) is 16.8 Å². The highest BCUT2D eigenvalue weighted by Gasteiger charge is 2.17. The average Bonchev–Trinajstić information content (AvgIpc) is 3.21. The molecule has 0 aliphatic rings. The quantitative estimate of drug-likeness (QED) is 0.375. The molecule has 0 aliphatic carbocycles. The molecule has 1 amide bonds. The lowest BCUT2D eigenvalue weighted by atomic mass is 10.2. The summed E-state index contributed by atoms with van der Waals surface area (Å²) in [6.07, 6.45) is 0. The van der Waals surface area contributed by atoms with Crippen molar-refractivity contribution in [1.82, 2.24) is 14.9 Å². The predicted molar refractivity (Wildman–Crippen MR) is 114 cm³/mol. The Bertz CT molecular complexity index is 1220. The summed E-state index contributed by atoms with van der Waals surface area (Å²) in [6, 6.07) is 17.4. The Morgan fingerprint density at radius 3 is 2.66 bits per heavy atom. The summed E-state index contributed by atoms with van der Waals surface area (Å²) < 4.78 is 16.1. The van der Waals surface area contributed by atoms with Crippen LogP contribution in [-0.2, 0) is 11.3 Å². The minimum Gasteiger partial charge on any atom is -0.351 e. The van der Waals surface area contributed by atoms with Gasteiger partial charge in [0.15, 0.2) is 5.16 Å². The lowest BCUT2D eigenvalue weighted by Crippen LogP contribution is -2.26. The Morgan fingerprint density at radius 1 is 1.10 bits per heavy atom. The van der Waals surface area contributed by atoms with Crippen molar-refractivity contribution in [3.8, 4) is 5.69 Å². The van der Waals surface area contributed by atoms with E-state index in [1.54, 1.807) is 23.6 Å². The highest BCUT2D eigenvalue weighted by Crippen LogP contribution is 2.24. The number of benzene rings is 2. The minimum atomic E-state index is -0.525. The molecule has 2 heterocycles. The number of nitrogens with zero attached hydrogens (tertiary/aromatic N) is 2. The van der Waals surface area contributed by atoms with E-state index in [4.69, 9.17) is 0 Å². The van der Waals surface area contributed by atoms with Crippen molar-refractivity contribution in [3.05, 3.63) is 87.8 Å². The van der Waals surface area contributed by atoms with Gasteiger partial charge in [0.2, 0.25) is 5.91 Å². The maximum absolute atomic E-state index is 14.4. The molecule has 2 aromatic heterocycles. The standard InChI is InChI=1S/C21H16FN3O2S2/c22-15-8-4-5-9-17(15)25-20(27)19-16(10-11-28-19)24-21(25)29-13-18(26)23-12-14-6-2-1-3-7-14/h1-11H,12-13H2,(H,23,26). The van der Waals surface area contributed by atoms with Gasteiger partial charge in [0, 0.05) is 6.54 Å². The van der Waals surface area contributed by atoms with Gasteiger partial charge in [-0.05, 0) is 29.1 Å². The molecule has 0 radical (unpaired) electrons. The second-order valence-corrected chi connectivity index (χ2v) is 8.03. The van der Waals surface area contributed by atoms with E-state index in [1.165, 1.54) is 28.0 Å². The average molecular weight is 426 g/mol. The molecule has 4 rings (SSSR count). The van der Waals surface area contributed by atoms with E-state index in [2.05, 4.69) is 10.3 Å². The molecule has 0 aliphatic heterocycles. The topological polar surface area (TPSA) is 64.0 Å². The van der Waals surface area contributed by atoms with E-state index >= 15 is 0 Å². The predicted octanol–water partition coefficient (Wildman–Crippen LogP) is 3.99. The van der Waals surface area contributed by atoms with Crippen LogP contribution in [0.2, 0.25) is 0 Å². The molecular formula is C21H16FN3O2S2. The number of hydrogen-bond donors (Lipinski definition) is 1. The molecule has 2 aromatic carbocycles. The number of carbonyl (C=O) groups is 1. The number of nitrogens with one attached hydrogen (secondary N) is 1. The van der Waals surface area contributed by atoms with Gasteiger partial charge in [-0.3, -0.25) is 14.2 Å². The van der Waals surface area contributed by atoms with Gasteiger partial charge < -0.3 is 5.32 Å². The molecule has 1 N–H and O–H groups in total. The van der Waals surface area contributed by atoms with Crippen LogP contribution in [0.15, 0.2) is 76.0 Å². The van der Waals surface area contributed by atoms with E-state index < -0.39 is 5.82 Å². The van der Waals surface area contributed by atoms with Crippen molar-refractivity contribution in [2.24, 2.45) is 0 Å². The van der Waals surface area contributed by atoms with E-state index in [1.807, 2.05) is 30.3 Å². The van der Waals surface area contributed by atoms with Crippen LogP contribution in [-0.4, -0.2) is 21.2 Å². The summed E-state index contributed by atoms with van der Waals surface area (Å²) >= 11 is 2.36. The molecule has 5 nitrogen and oxygen atoms in total. The molecule has 0 atom stereocenters. The first-order chi connectivity index (χ1) is 14.1. The zero-order valence-electron chi connectivity index (χ0n) is 15.2. The fraction of sp³-hybridized carbons (Fsp3) is 0.0952. The first-order valence-electron chi connectivity index (χ1n) is 8.82. The zero-order chi connectivity index (χ0) is 20.2. The van der Waals surface area contributed by atoms with Gasteiger partial charge in [-0.25, -0.2) is 9.37 Å². The van der Waals surface area contributed by atoms with E-state index in [0.717, 1.165) is 17.3 Å². The third-order valence-electron chi connectivity index (χ3n) is 4.21. The third kappa shape index (κ3) is 4.23. The zero-order valence-corrected chi connectivity index (χ0v) is 16.8. The molecule has 4 aromatic rings. The van der Waals surface area contributed by atoms with Crippen LogP contribution >= 0.6 is 23.1 Å². The smallest absolute Gasteiger partial charge is 0.276 e. The minimum absolute atomic E-state index is 0.0589. The van der Waals surface area contributed by atoms with Crippen molar-refractivity contribution in [1.29, 1.82) is 0 Å². The summed E-state index contributed by atoms with van der Waals surface area (Å²) in [4.78, 5) is 29.7. The maximum Gasteiger partial charge on any atom is 0.276 e. The van der Waals surface area contributed by atoms with Crippen molar-refractivity contribution >= 4 is 39.2 Å². The van der Waals surface area contributed by atoms with Crippen LogP contribution in [0.5, 0.6) is 0 Å². The second-order valence-electron chi connectivity index (χ2n) is 6.17. The molecule has 0 saturated carbocycles. The molecule has 0 spiro atoms. The number of para-hydroxylation sites is 1. The van der Waals surface area contributed by atoms with Crippen LogP contribution in [0.25, 0.3) is 15.9 Å². The molecular weight excluding hydrogens is 409 g/mol. The van der Waals surface area contributed by atoms with Crippen LogP contribution in [0.4, 0.5) is 4.39 Å². The number of fused-ring (bicyclic) bond motifs is 1. The molecule has 146 valence electrons. The first-order valence-corrected chi connectivity index (χ1v) is 10.7. The Hall–Kier alpha value is -2.97. The van der Waals surface area contributed by atoms with Gasteiger partial charge in [-0.2, -0.15) is 0 Å². The van der Waals surface area contributed by atoms with Crippen LogP contribution in [0.1, 0.15) is 5.56 Å². The van der Waals surface area contributed by atoms with Gasteiger partial charge >= 0.3 is 0 Å². The van der Waals surface area contributed by atoms with Crippen molar-refractivity contribution in [3.63, 3.8) is 0 Å². The Kier molecular flexibility index (Phi) is 5.73. The van der Waals surface area contributed by atoms with Crippen molar-refractivity contribution < 1.29 is 9.18 Å². The molecule has 8 heteroatoms. The van der Waals surface area contributed by atoms with E-state index in [9.17, 15) is 14.0 Å². The number of thioether (sulfide) groups is 1. The second kappa shape index (κ2) is 8.59. The summed E-state index contributed by atoms with van der Waals surface area (Å²) in [5.74, 6) is -0.662. The molecule has 29 heavy (non-hydrogen) atoms. The van der Waals surface area contributed by atoms with Gasteiger partial charge in [-0.15, -0.1) is 11.3 Å². The number of halogens is 1. The first kappa shape index (κ1) is 19.4. The normalized spacial score (nSPS) is 10.9. The number of amides is 1. The lowest BCUT2D eigenvalue weighted by Gasteiger charge is -2.12. The monoisotopic (exact) mass is 425 g/mol. The maximum atomic E-state index is 14.4. The third-order valence-corrected chi connectivity index (χ3v) is 6.04. The van der Waals surface area contributed by atoms with Gasteiger partial charge in [-0.1, -0.05) is 54.2 Å². The lowest BCUT2D eigenvalue weighted by molar-refractivity contribution is -0.118. The van der Waals surface area contributed by atoms with Gasteiger partial charge in [0.25, 0.3) is 5.56 Å². The van der Waals surface area contributed by atoms with Crippen LogP contribution < -0.4 is 10.9 Å².